The van der Waals surface area contributed by atoms with Crippen LogP contribution in [0.4, 0.5) is 0 Å². The molecule has 1 aromatic carbocycles. The van der Waals surface area contributed by atoms with Crippen molar-refractivity contribution in [1.29, 1.82) is 5.26 Å². The van der Waals surface area contributed by atoms with Crippen molar-refractivity contribution >= 4 is 12.0 Å². The van der Waals surface area contributed by atoms with Crippen molar-refractivity contribution in [2.45, 2.75) is 45.6 Å². The minimum absolute atomic E-state index is 0.136. The van der Waals surface area contributed by atoms with Gasteiger partial charge < -0.3 is 10.1 Å². The molecule has 0 bridgehead atoms. The molecule has 0 spiro atoms. The summed E-state index contributed by atoms with van der Waals surface area (Å²) in [6.07, 6.45) is 6.10. The minimum Gasteiger partial charge on any atom is -0.494 e. The van der Waals surface area contributed by atoms with E-state index in [0.29, 0.717) is 12.5 Å². The van der Waals surface area contributed by atoms with Gasteiger partial charge in [0.25, 0.3) is 5.91 Å². The molecule has 0 heterocycles. The Bertz CT molecular complexity index is 616. The molecule has 4 heteroatoms. The third-order valence-corrected chi connectivity index (χ3v) is 4.27. The Balaban J connectivity index is 2.10. The van der Waals surface area contributed by atoms with Gasteiger partial charge in [0.05, 0.1) is 6.61 Å². The third kappa shape index (κ3) is 4.85. The normalized spacial score (nSPS) is 21.3. The lowest BCUT2D eigenvalue weighted by Crippen LogP contribution is -2.41. The van der Waals surface area contributed by atoms with Crippen molar-refractivity contribution in [3.8, 4) is 11.8 Å². The predicted molar refractivity (Wildman–Crippen MR) is 90.8 cm³/mol. The van der Waals surface area contributed by atoms with Gasteiger partial charge in [-0.1, -0.05) is 31.9 Å². The van der Waals surface area contributed by atoms with Crippen molar-refractivity contribution < 1.29 is 9.53 Å². The van der Waals surface area contributed by atoms with Crippen LogP contribution in [0.25, 0.3) is 6.08 Å². The van der Waals surface area contributed by atoms with Crippen LogP contribution in [0.1, 0.15) is 45.1 Å². The van der Waals surface area contributed by atoms with Crippen LogP contribution in [-0.2, 0) is 4.79 Å². The molecule has 1 saturated carbocycles. The van der Waals surface area contributed by atoms with Crippen LogP contribution < -0.4 is 10.1 Å². The van der Waals surface area contributed by atoms with E-state index in [0.717, 1.165) is 30.6 Å². The molecule has 0 unspecified atom stereocenters. The van der Waals surface area contributed by atoms with E-state index in [2.05, 4.69) is 12.2 Å². The van der Waals surface area contributed by atoms with E-state index in [9.17, 15) is 10.1 Å². The number of hydrogen-bond donors (Lipinski definition) is 1. The van der Waals surface area contributed by atoms with Crippen molar-refractivity contribution in [1.82, 2.24) is 5.32 Å². The van der Waals surface area contributed by atoms with Gasteiger partial charge in [0.2, 0.25) is 0 Å². The van der Waals surface area contributed by atoms with Gasteiger partial charge in [0, 0.05) is 6.04 Å². The van der Waals surface area contributed by atoms with Crippen molar-refractivity contribution in [2.24, 2.45) is 5.92 Å². The number of amides is 1. The first-order chi connectivity index (χ1) is 11.1. The number of ether oxygens (including phenoxy) is 1. The quantitative estimate of drug-likeness (QED) is 0.666. The van der Waals surface area contributed by atoms with E-state index >= 15 is 0 Å². The summed E-state index contributed by atoms with van der Waals surface area (Å²) in [6, 6.07) is 9.58. The van der Waals surface area contributed by atoms with Crippen molar-refractivity contribution in [3.05, 3.63) is 35.4 Å². The van der Waals surface area contributed by atoms with Gasteiger partial charge in [-0.15, -0.1) is 0 Å². The summed E-state index contributed by atoms with van der Waals surface area (Å²) >= 11 is 0. The highest BCUT2D eigenvalue weighted by molar-refractivity contribution is 6.01. The lowest BCUT2D eigenvalue weighted by molar-refractivity contribution is -0.118. The van der Waals surface area contributed by atoms with Crippen LogP contribution >= 0.6 is 0 Å². The fraction of sp³-hybridized carbons (Fsp3) is 0.474. The second kappa shape index (κ2) is 8.38. The number of nitrogens with one attached hydrogen (secondary N) is 1. The zero-order chi connectivity index (χ0) is 16.7. The van der Waals surface area contributed by atoms with Gasteiger partial charge in [0.15, 0.2) is 0 Å². The largest absolute Gasteiger partial charge is 0.494 e. The van der Waals surface area contributed by atoms with E-state index in [4.69, 9.17) is 4.74 Å². The second-order valence-electron chi connectivity index (χ2n) is 6.02. The Kier molecular flexibility index (Phi) is 6.22. The van der Waals surface area contributed by atoms with Crippen LogP contribution in [-0.4, -0.2) is 18.6 Å². The second-order valence-corrected chi connectivity index (χ2v) is 6.02. The first-order valence-electron chi connectivity index (χ1n) is 8.29. The Hall–Kier alpha value is -2.28. The molecule has 0 saturated heterocycles. The molecule has 1 aromatic rings. The van der Waals surface area contributed by atoms with Crippen LogP contribution in [0.15, 0.2) is 29.8 Å². The maximum Gasteiger partial charge on any atom is 0.262 e. The fourth-order valence-electron chi connectivity index (χ4n) is 2.95. The predicted octanol–water partition coefficient (Wildman–Crippen LogP) is 3.69. The SMILES string of the molecule is CCOc1cccc(/C=C(\C#N)C(=O)N[C@@H]2CCCC[C@@H]2C)c1. The topological polar surface area (TPSA) is 62.1 Å². The number of hydrogen-bond acceptors (Lipinski definition) is 3. The number of nitrogens with zero attached hydrogens (tertiary/aromatic N) is 1. The summed E-state index contributed by atoms with van der Waals surface area (Å²) in [7, 11) is 0. The zero-order valence-corrected chi connectivity index (χ0v) is 13.8. The minimum atomic E-state index is -0.284. The summed E-state index contributed by atoms with van der Waals surface area (Å²) in [5.74, 6) is 0.918. The number of carbonyl (C=O) groups excluding carboxylic acids is 1. The van der Waals surface area contributed by atoms with Gasteiger partial charge in [0.1, 0.15) is 17.4 Å². The average Bonchev–Trinajstić information content (AvgIpc) is 2.55. The van der Waals surface area contributed by atoms with E-state index in [1.165, 1.54) is 6.42 Å². The first kappa shape index (κ1) is 17.1. The molecule has 0 radical (unpaired) electrons. The first-order valence-corrected chi connectivity index (χ1v) is 8.29. The lowest BCUT2D eigenvalue weighted by atomic mass is 9.86. The maximum absolute atomic E-state index is 12.4. The Labute approximate surface area is 138 Å². The summed E-state index contributed by atoms with van der Waals surface area (Å²) < 4.78 is 5.45. The molecule has 2 rings (SSSR count). The maximum atomic E-state index is 12.4. The van der Waals surface area contributed by atoms with E-state index in [-0.39, 0.29) is 17.5 Å². The van der Waals surface area contributed by atoms with Gasteiger partial charge in [-0.2, -0.15) is 5.26 Å². The zero-order valence-electron chi connectivity index (χ0n) is 13.8. The molecule has 0 aromatic heterocycles. The van der Waals surface area contributed by atoms with Crippen molar-refractivity contribution in [3.63, 3.8) is 0 Å². The average molecular weight is 312 g/mol. The summed E-state index contributed by atoms with van der Waals surface area (Å²) in [5.41, 5.74) is 0.927. The van der Waals surface area contributed by atoms with Crippen LogP contribution in [0.5, 0.6) is 5.75 Å². The van der Waals surface area contributed by atoms with E-state index in [1.54, 1.807) is 6.08 Å². The van der Waals surface area contributed by atoms with Gasteiger partial charge in [-0.05, 0) is 49.5 Å². The molecule has 0 aliphatic heterocycles. The number of benzene rings is 1. The highest BCUT2D eigenvalue weighted by Crippen LogP contribution is 2.24. The molecule has 1 amide bonds. The molecule has 1 aliphatic rings. The van der Waals surface area contributed by atoms with Crippen molar-refractivity contribution in [2.75, 3.05) is 6.61 Å². The molecule has 2 atom stereocenters. The number of rotatable bonds is 5. The van der Waals surface area contributed by atoms with Crippen LogP contribution in [0.3, 0.4) is 0 Å². The summed E-state index contributed by atoms with van der Waals surface area (Å²) in [4.78, 5) is 12.4. The number of carbonyl (C=O) groups is 1. The molecule has 23 heavy (non-hydrogen) atoms. The summed E-state index contributed by atoms with van der Waals surface area (Å²) in [6.45, 7) is 4.66. The molecule has 4 nitrogen and oxygen atoms in total. The van der Waals surface area contributed by atoms with Gasteiger partial charge >= 0.3 is 0 Å². The highest BCUT2D eigenvalue weighted by atomic mass is 16.5. The van der Waals surface area contributed by atoms with Crippen LogP contribution in [0.2, 0.25) is 0 Å². The van der Waals surface area contributed by atoms with E-state index < -0.39 is 0 Å². The summed E-state index contributed by atoms with van der Waals surface area (Å²) in [5, 5.41) is 12.3. The monoisotopic (exact) mass is 312 g/mol. The number of nitriles is 1. The molecule has 122 valence electrons. The van der Waals surface area contributed by atoms with Gasteiger partial charge in [-0.3, -0.25) is 4.79 Å². The molecule has 1 fully saturated rings. The smallest absolute Gasteiger partial charge is 0.262 e. The lowest BCUT2D eigenvalue weighted by Gasteiger charge is -2.29. The third-order valence-electron chi connectivity index (χ3n) is 4.27. The molecule has 1 aliphatic carbocycles. The Morgan fingerprint density at radius 1 is 1.43 bits per heavy atom. The molecular formula is C19H24N2O2. The van der Waals surface area contributed by atoms with Crippen LogP contribution in [0, 0.1) is 17.2 Å². The fourth-order valence-corrected chi connectivity index (χ4v) is 2.95. The Morgan fingerprint density at radius 2 is 2.22 bits per heavy atom. The van der Waals surface area contributed by atoms with E-state index in [1.807, 2.05) is 37.3 Å². The molecular weight excluding hydrogens is 288 g/mol. The highest BCUT2D eigenvalue weighted by Gasteiger charge is 2.23. The van der Waals surface area contributed by atoms with Gasteiger partial charge in [-0.25, -0.2) is 0 Å². The standard InChI is InChI=1S/C19H24N2O2/c1-3-23-17-9-6-8-15(12-17)11-16(13-20)19(22)21-18-10-5-4-7-14(18)2/h6,8-9,11-12,14,18H,3-5,7,10H2,1-2H3,(H,21,22)/b16-11+/t14-,18+/m0/s1. The molecule has 1 N–H and O–H groups in total. The Morgan fingerprint density at radius 3 is 2.91 bits per heavy atom.